The molecule has 0 saturated heterocycles. The van der Waals surface area contributed by atoms with Crippen LogP contribution in [0, 0.1) is 5.92 Å². The molecule has 21 nitrogen and oxygen atoms in total. The molecule has 0 bridgehead atoms. The van der Waals surface area contributed by atoms with Crippen molar-refractivity contribution >= 4 is 59.4 Å². The fourth-order valence-electron chi connectivity index (χ4n) is 4.83. The number of carbonyl (C=O) groups is 10. The van der Waals surface area contributed by atoms with E-state index in [0.717, 1.165) is 0 Å². The van der Waals surface area contributed by atoms with Gasteiger partial charge in [0.05, 0.1) is 18.9 Å². The molecule has 1 aromatic rings. The Morgan fingerprint density at radius 3 is 1.41 bits per heavy atom. The highest BCUT2D eigenvalue weighted by Crippen LogP contribution is 2.10. The molecule has 54 heavy (non-hydrogen) atoms. The molecule has 0 aliphatic heterocycles. The van der Waals surface area contributed by atoms with Gasteiger partial charge in [0, 0.05) is 19.3 Å². The van der Waals surface area contributed by atoms with Crippen LogP contribution in [-0.4, -0.2) is 121 Å². The molecule has 0 saturated carbocycles. The lowest BCUT2D eigenvalue weighted by atomic mass is 10.0. The minimum absolute atomic E-state index is 0.0373. The van der Waals surface area contributed by atoms with Crippen LogP contribution in [0.3, 0.4) is 0 Å². The predicted octanol–water partition coefficient (Wildman–Crippen LogP) is -2.21. The first-order chi connectivity index (χ1) is 25.2. The van der Waals surface area contributed by atoms with Gasteiger partial charge in [0.2, 0.25) is 29.5 Å². The number of rotatable bonds is 25. The first-order valence-electron chi connectivity index (χ1n) is 16.6. The zero-order valence-electron chi connectivity index (χ0n) is 29.5. The molecule has 1 aromatic carbocycles. The van der Waals surface area contributed by atoms with E-state index < -0.39 is 134 Å². The van der Waals surface area contributed by atoms with Gasteiger partial charge in [0.25, 0.3) is 0 Å². The molecule has 0 fully saturated rings. The molecule has 0 aliphatic rings. The van der Waals surface area contributed by atoms with Crippen molar-refractivity contribution < 1.29 is 73.5 Å². The van der Waals surface area contributed by atoms with Crippen molar-refractivity contribution in [2.75, 3.05) is 0 Å². The van der Waals surface area contributed by atoms with Gasteiger partial charge in [-0.2, -0.15) is 0 Å². The number of carboxylic acids is 5. The number of aliphatic carboxylic acids is 5. The second-order valence-corrected chi connectivity index (χ2v) is 12.6. The summed E-state index contributed by atoms with van der Waals surface area (Å²) in [5.41, 5.74) is 6.14. The highest BCUT2D eigenvalue weighted by atomic mass is 16.4. The topological polar surface area (TPSA) is 358 Å². The lowest BCUT2D eigenvalue weighted by Crippen LogP contribution is -2.60. The summed E-state index contributed by atoms with van der Waals surface area (Å²) in [7, 11) is 0. The van der Waals surface area contributed by atoms with E-state index in [4.69, 9.17) is 10.8 Å². The Morgan fingerprint density at radius 1 is 0.537 bits per heavy atom. The zero-order chi connectivity index (χ0) is 41.1. The summed E-state index contributed by atoms with van der Waals surface area (Å²) in [4.78, 5) is 123. The van der Waals surface area contributed by atoms with Crippen LogP contribution in [-0.2, 0) is 54.4 Å². The molecule has 0 unspecified atom stereocenters. The highest BCUT2D eigenvalue weighted by molar-refractivity contribution is 5.98. The Bertz CT molecular complexity index is 1540. The van der Waals surface area contributed by atoms with Crippen molar-refractivity contribution in [2.24, 2.45) is 11.7 Å². The van der Waals surface area contributed by atoms with Crippen LogP contribution < -0.4 is 32.3 Å². The van der Waals surface area contributed by atoms with Gasteiger partial charge in [-0.3, -0.25) is 43.2 Å². The van der Waals surface area contributed by atoms with Gasteiger partial charge in [0.1, 0.15) is 30.2 Å². The number of carboxylic acid groups (broad SMARTS) is 5. The van der Waals surface area contributed by atoms with Crippen LogP contribution in [0.25, 0.3) is 0 Å². The minimum Gasteiger partial charge on any atom is -0.481 e. The Kier molecular flexibility index (Phi) is 19.3. The van der Waals surface area contributed by atoms with E-state index in [1.807, 2.05) is 10.6 Å². The SMILES string of the molecule is CC(C)C[C@H](NC(=O)[C@H](Cc1ccccc1)NC(=O)[C@H](CCC(=O)O)NC(=O)[C@H](CC(=O)O)NC(=O)[C@H](CC(=O)O)NC(=O)[C@@H](N)CCC(=O)O)C(=O)O. The summed E-state index contributed by atoms with van der Waals surface area (Å²) < 4.78 is 0. The Morgan fingerprint density at radius 2 is 0.944 bits per heavy atom. The molecule has 6 atom stereocenters. The van der Waals surface area contributed by atoms with E-state index >= 15 is 0 Å². The van der Waals surface area contributed by atoms with Gasteiger partial charge < -0.3 is 57.9 Å². The molecule has 1 rings (SSSR count). The highest BCUT2D eigenvalue weighted by Gasteiger charge is 2.34. The smallest absolute Gasteiger partial charge is 0.326 e. The molecule has 0 aliphatic carbocycles. The number of carbonyl (C=O) groups excluding carboxylic acids is 5. The van der Waals surface area contributed by atoms with Gasteiger partial charge in [-0.05, 0) is 30.7 Å². The number of benzene rings is 1. The number of nitrogens with two attached hydrogens (primary N) is 1. The average molecular weight is 767 g/mol. The summed E-state index contributed by atoms with van der Waals surface area (Å²) in [6, 6.07) is -1.88. The van der Waals surface area contributed by atoms with Crippen molar-refractivity contribution in [3.8, 4) is 0 Å². The molecule has 298 valence electrons. The van der Waals surface area contributed by atoms with E-state index in [1.54, 1.807) is 44.2 Å². The number of hydrogen-bond acceptors (Lipinski definition) is 11. The van der Waals surface area contributed by atoms with Gasteiger partial charge in [-0.15, -0.1) is 0 Å². The summed E-state index contributed by atoms with van der Waals surface area (Å²) in [5.74, 6) is -13.4. The molecular weight excluding hydrogens is 720 g/mol. The maximum Gasteiger partial charge on any atom is 0.326 e. The largest absolute Gasteiger partial charge is 0.481 e. The van der Waals surface area contributed by atoms with E-state index in [2.05, 4.69) is 16.0 Å². The van der Waals surface area contributed by atoms with E-state index in [1.165, 1.54) is 0 Å². The first kappa shape index (κ1) is 45.9. The van der Waals surface area contributed by atoms with E-state index in [0.29, 0.717) is 5.56 Å². The van der Waals surface area contributed by atoms with Crippen molar-refractivity contribution in [3.63, 3.8) is 0 Å². The molecule has 21 heteroatoms. The quantitative estimate of drug-likeness (QED) is 0.0502. The Hall–Kier alpha value is -6.12. The van der Waals surface area contributed by atoms with Crippen molar-refractivity contribution in [1.29, 1.82) is 0 Å². The third-order valence-electron chi connectivity index (χ3n) is 7.55. The standard InChI is InChI=1S/C33H46N6O15/c1-16(2)12-23(33(53)54)39-30(50)20(13-17-6-4-3-5-7-17)37-29(49)19(9-11-25(42)43)35-31(51)22(15-27(46)47)38-32(52)21(14-26(44)45)36-28(48)18(34)8-10-24(40)41/h3-7,16,18-23H,8-15,34H2,1-2H3,(H,35,51)(H,36,48)(H,37,49)(H,38,52)(H,39,50)(H,40,41)(H,42,43)(H,44,45)(H,46,47)(H,53,54)/t18-,19-,20-,21-,22-,23-/m0/s1. The monoisotopic (exact) mass is 766 g/mol. The number of nitrogens with one attached hydrogen (secondary N) is 5. The van der Waals surface area contributed by atoms with Crippen LogP contribution in [0.2, 0.25) is 0 Å². The minimum atomic E-state index is -2.04. The first-order valence-corrected chi connectivity index (χ1v) is 16.6. The van der Waals surface area contributed by atoms with Gasteiger partial charge in [-0.25, -0.2) is 4.79 Å². The van der Waals surface area contributed by atoms with Crippen LogP contribution >= 0.6 is 0 Å². The molecular formula is C33H46N6O15. The van der Waals surface area contributed by atoms with Crippen LogP contribution in [0.5, 0.6) is 0 Å². The van der Waals surface area contributed by atoms with Gasteiger partial charge >= 0.3 is 29.8 Å². The van der Waals surface area contributed by atoms with Gasteiger partial charge in [-0.1, -0.05) is 44.2 Å². The molecule has 0 radical (unpaired) electrons. The molecule has 12 N–H and O–H groups in total. The lowest BCUT2D eigenvalue weighted by Gasteiger charge is -2.26. The predicted molar refractivity (Wildman–Crippen MR) is 183 cm³/mol. The van der Waals surface area contributed by atoms with E-state index in [9.17, 15) is 68.4 Å². The second-order valence-electron chi connectivity index (χ2n) is 12.6. The molecule has 0 spiro atoms. The number of amides is 5. The summed E-state index contributed by atoms with van der Waals surface area (Å²) in [6.07, 6.45) is -4.65. The third-order valence-corrected chi connectivity index (χ3v) is 7.55. The number of hydrogen-bond donors (Lipinski definition) is 11. The lowest BCUT2D eigenvalue weighted by molar-refractivity contribution is -0.144. The molecule has 5 amide bonds. The van der Waals surface area contributed by atoms with Crippen LogP contribution in [0.1, 0.15) is 64.4 Å². The van der Waals surface area contributed by atoms with Gasteiger partial charge in [0.15, 0.2) is 0 Å². The second kappa shape index (κ2) is 22.7. The summed E-state index contributed by atoms with van der Waals surface area (Å²) in [5, 5.41) is 57.4. The average Bonchev–Trinajstić information content (AvgIpc) is 3.07. The molecule has 0 aromatic heterocycles. The van der Waals surface area contributed by atoms with E-state index in [-0.39, 0.29) is 18.8 Å². The fourth-order valence-corrected chi connectivity index (χ4v) is 4.83. The van der Waals surface area contributed by atoms with Crippen molar-refractivity contribution in [3.05, 3.63) is 35.9 Å². The maximum absolute atomic E-state index is 13.6. The van der Waals surface area contributed by atoms with Crippen molar-refractivity contribution in [2.45, 2.75) is 101 Å². The maximum atomic E-state index is 13.6. The summed E-state index contributed by atoms with van der Waals surface area (Å²) >= 11 is 0. The normalized spacial score (nSPS) is 14.1. The summed E-state index contributed by atoms with van der Waals surface area (Å²) in [6.45, 7) is 3.45. The van der Waals surface area contributed by atoms with Crippen molar-refractivity contribution in [1.82, 2.24) is 26.6 Å². The third kappa shape index (κ3) is 17.9. The van der Waals surface area contributed by atoms with Crippen LogP contribution in [0.4, 0.5) is 0 Å². The Balaban J connectivity index is 3.36. The zero-order valence-corrected chi connectivity index (χ0v) is 29.5. The Labute approximate surface area is 308 Å². The molecule has 0 heterocycles. The van der Waals surface area contributed by atoms with Crippen LogP contribution in [0.15, 0.2) is 30.3 Å². The fraction of sp³-hybridized carbons (Fsp3) is 0.515.